The van der Waals surface area contributed by atoms with Crippen molar-refractivity contribution in [2.75, 3.05) is 6.61 Å². The van der Waals surface area contributed by atoms with Gasteiger partial charge in [0.15, 0.2) is 0 Å². The lowest BCUT2D eigenvalue weighted by Crippen LogP contribution is -2.36. The lowest BCUT2D eigenvalue weighted by Gasteiger charge is -2.23. The number of nitriles is 1. The maximum atomic E-state index is 11.7. The van der Waals surface area contributed by atoms with Crippen LogP contribution in [0, 0.1) is 16.7 Å². The summed E-state index contributed by atoms with van der Waals surface area (Å²) >= 11 is 0. The van der Waals surface area contributed by atoms with Crippen LogP contribution in [0.2, 0.25) is 0 Å². The van der Waals surface area contributed by atoms with Crippen LogP contribution in [0.25, 0.3) is 0 Å². The van der Waals surface area contributed by atoms with Crippen LogP contribution < -0.4 is 0 Å². The van der Waals surface area contributed by atoms with E-state index < -0.39 is 11.4 Å². The third-order valence-electron chi connectivity index (χ3n) is 2.87. The summed E-state index contributed by atoms with van der Waals surface area (Å²) in [5.74, 6) is -0.501. The van der Waals surface area contributed by atoms with E-state index >= 15 is 0 Å². The third-order valence-corrected chi connectivity index (χ3v) is 2.87. The molecule has 0 aromatic carbocycles. The summed E-state index contributed by atoms with van der Waals surface area (Å²) in [5, 5.41) is 8.53. The highest BCUT2D eigenvalue weighted by Gasteiger charge is 2.49. The maximum Gasteiger partial charge on any atom is 0.319 e. The molecule has 1 aliphatic rings. The summed E-state index contributed by atoms with van der Waals surface area (Å²) in [6.07, 6.45) is 2.23. The summed E-state index contributed by atoms with van der Waals surface area (Å²) in [6, 6.07) is 1.98. The van der Waals surface area contributed by atoms with E-state index in [0.717, 1.165) is 6.42 Å². The van der Waals surface area contributed by atoms with E-state index in [4.69, 9.17) is 10.00 Å². The molecule has 0 bridgehead atoms. The maximum absolute atomic E-state index is 11.7. The molecule has 0 saturated heterocycles. The van der Waals surface area contributed by atoms with Crippen LogP contribution in [0.1, 0.15) is 39.0 Å². The monoisotopic (exact) mass is 209 g/mol. The van der Waals surface area contributed by atoms with Gasteiger partial charge in [0.2, 0.25) is 0 Å². The highest BCUT2D eigenvalue weighted by molar-refractivity contribution is 6.05. The predicted octanol–water partition coefficient (Wildman–Crippen LogP) is 1.59. The first-order valence-corrected chi connectivity index (χ1v) is 5.25. The number of esters is 1. The Labute approximate surface area is 89.2 Å². The highest BCUT2D eigenvalue weighted by Crippen LogP contribution is 2.40. The van der Waals surface area contributed by atoms with E-state index in [1.807, 2.05) is 6.07 Å². The van der Waals surface area contributed by atoms with Gasteiger partial charge < -0.3 is 4.74 Å². The van der Waals surface area contributed by atoms with E-state index in [-0.39, 0.29) is 18.8 Å². The quantitative estimate of drug-likeness (QED) is 0.521. The minimum Gasteiger partial charge on any atom is -0.465 e. The molecule has 4 nitrogen and oxygen atoms in total. The second-order valence-corrected chi connectivity index (χ2v) is 3.74. The van der Waals surface area contributed by atoms with Gasteiger partial charge in [-0.15, -0.1) is 0 Å². The summed E-state index contributed by atoms with van der Waals surface area (Å²) in [6.45, 7) is 2.00. The predicted molar refractivity (Wildman–Crippen MR) is 52.8 cm³/mol. The second-order valence-electron chi connectivity index (χ2n) is 3.74. The summed E-state index contributed by atoms with van der Waals surface area (Å²) in [7, 11) is 0. The number of carbonyl (C=O) groups excluding carboxylic acids is 2. The molecule has 1 fully saturated rings. The molecule has 1 rings (SSSR count). The molecular formula is C11H15NO3. The lowest BCUT2D eigenvalue weighted by molar-refractivity contribution is -0.159. The van der Waals surface area contributed by atoms with Crippen LogP contribution in [-0.2, 0) is 14.3 Å². The van der Waals surface area contributed by atoms with Crippen molar-refractivity contribution in [1.82, 2.24) is 0 Å². The molecule has 1 saturated carbocycles. The van der Waals surface area contributed by atoms with E-state index in [0.29, 0.717) is 19.3 Å². The van der Waals surface area contributed by atoms with Crippen molar-refractivity contribution < 1.29 is 14.3 Å². The molecule has 0 radical (unpaired) electrons. The average Bonchev–Trinajstić information content (AvgIpc) is 2.58. The molecule has 1 atom stereocenters. The number of ketones is 1. The fourth-order valence-electron chi connectivity index (χ4n) is 2.05. The molecule has 0 aromatic rings. The van der Waals surface area contributed by atoms with Gasteiger partial charge in [-0.25, -0.2) is 0 Å². The van der Waals surface area contributed by atoms with Gasteiger partial charge in [0.1, 0.15) is 11.2 Å². The van der Waals surface area contributed by atoms with Gasteiger partial charge in [0.05, 0.1) is 12.7 Å². The number of hydrogen-bond donors (Lipinski definition) is 0. The van der Waals surface area contributed by atoms with Crippen LogP contribution in [0.4, 0.5) is 0 Å². The zero-order valence-corrected chi connectivity index (χ0v) is 8.91. The zero-order chi connectivity index (χ0) is 11.3. The molecule has 0 N–H and O–H groups in total. The molecule has 1 unspecified atom stereocenters. The van der Waals surface area contributed by atoms with Gasteiger partial charge in [-0.1, -0.05) is 0 Å². The van der Waals surface area contributed by atoms with Crippen LogP contribution in [-0.4, -0.2) is 18.4 Å². The van der Waals surface area contributed by atoms with Crippen molar-refractivity contribution in [2.24, 2.45) is 5.41 Å². The largest absolute Gasteiger partial charge is 0.465 e. The normalized spacial score (nSPS) is 24.9. The topological polar surface area (TPSA) is 67.2 Å². The second kappa shape index (κ2) is 4.92. The van der Waals surface area contributed by atoms with Crippen molar-refractivity contribution in [3.8, 4) is 6.07 Å². The first kappa shape index (κ1) is 11.7. The van der Waals surface area contributed by atoms with E-state index in [2.05, 4.69) is 0 Å². The Bertz CT molecular complexity index is 305. The minimum atomic E-state index is -1.01. The average molecular weight is 209 g/mol. The number of carbonyl (C=O) groups is 2. The smallest absolute Gasteiger partial charge is 0.319 e. The fraction of sp³-hybridized carbons (Fsp3) is 0.727. The third kappa shape index (κ3) is 2.17. The molecule has 0 aromatic heterocycles. The minimum absolute atomic E-state index is 0.0591. The van der Waals surface area contributed by atoms with Crippen LogP contribution >= 0.6 is 0 Å². The molecule has 1 aliphatic carbocycles. The molecule has 4 heteroatoms. The van der Waals surface area contributed by atoms with Crippen molar-refractivity contribution in [3.63, 3.8) is 0 Å². The van der Waals surface area contributed by atoms with Gasteiger partial charge in [0, 0.05) is 12.8 Å². The summed E-state index contributed by atoms with van der Waals surface area (Å²) in [5.41, 5.74) is -1.01. The van der Waals surface area contributed by atoms with Gasteiger partial charge in [0.25, 0.3) is 0 Å². The van der Waals surface area contributed by atoms with E-state index in [9.17, 15) is 9.59 Å². The van der Waals surface area contributed by atoms with E-state index in [1.54, 1.807) is 6.92 Å². The van der Waals surface area contributed by atoms with Crippen LogP contribution in [0.15, 0.2) is 0 Å². The first-order valence-electron chi connectivity index (χ1n) is 5.25. The Kier molecular flexibility index (Phi) is 3.84. The fourth-order valence-corrected chi connectivity index (χ4v) is 2.05. The Morgan fingerprint density at radius 1 is 1.67 bits per heavy atom. The van der Waals surface area contributed by atoms with E-state index in [1.165, 1.54) is 0 Å². The molecular weight excluding hydrogens is 194 g/mol. The first-order chi connectivity index (χ1) is 7.17. The van der Waals surface area contributed by atoms with Gasteiger partial charge >= 0.3 is 5.97 Å². The number of ether oxygens (including phenoxy) is 1. The zero-order valence-electron chi connectivity index (χ0n) is 8.91. The number of nitrogens with zero attached hydrogens (tertiary/aromatic N) is 1. The molecule has 15 heavy (non-hydrogen) atoms. The molecule has 82 valence electrons. The standard InChI is InChI=1S/C11H15NO3/c1-2-15-10(14)11(7-4-8-12)6-3-5-9(11)13/h2-7H2,1H3. The number of Topliss-reactive ketones (excluding diaryl/α,β-unsaturated/α-hetero) is 1. The van der Waals surface area contributed by atoms with Gasteiger partial charge in [-0.3, -0.25) is 9.59 Å². The van der Waals surface area contributed by atoms with Gasteiger partial charge in [-0.2, -0.15) is 5.26 Å². The van der Waals surface area contributed by atoms with Crippen molar-refractivity contribution >= 4 is 11.8 Å². The Balaban J connectivity index is 2.81. The van der Waals surface area contributed by atoms with Gasteiger partial charge in [-0.05, 0) is 26.2 Å². The highest BCUT2D eigenvalue weighted by atomic mass is 16.5. The van der Waals surface area contributed by atoms with Crippen LogP contribution in [0.3, 0.4) is 0 Å². The number of hydrogen-bond acceptors (Lipinski definition) is 4. The SMILES string of the molecule is CCOC(=O)C1(CCC#N)CCCC1=O. The van der Waals surface area contributed by atoms with Crippen LogP contribution in [0.5, 0.6) is 0 Å². The van der Waals surface area contributed by atoms with Crippen molar-refractivity contribution in [2.45, 2.75) is 39.0 Å². The summed E-state index contributed by atoms with van der Waals surface area (Å²) < 4.78 is 4.93. The Morgan fingerprint density at radius 3 is 2.87 bits per heavy atom. The van der Waals surface area contributed by atoms with Crippen molar-refractivity contribution in [1.29, 1.82) is 5.26 Å². The Morgan fingerprint density at radius 2 is 2.40 bits per heavy atom. The Hall–Kier alpha value is -1.37. The lowest BCUT2D eigenvalue weighted by atomic mass is 9.81. The summed E-state index contributed by atoms with van der Waals surface area (Å²) in [4.78, 5) is 23.4. The molecule has 0 aliphatic heterocycles. The molecule has 0 spiro atoms. The molecule has 0 amide bonds. The molecule has 0 heterocycles. The number of rotatable bonds is 4. The van der Waals surface area contributed by atoms with Crippen molar-refractivity contribution in [3.05, 3.63) is 0 Å².